The standard InChI is InChI=1S/C15H15FN4O2/c1-22-14(17)11-4-7-13(18-9-11)20-15(21)19-8-10-2-5-12(16)6-3-10/h2-7,9,17H,8H2,1H3,(H2,18,19,20,21). The Labute approximate surface area is 126 Å². The Morgan fingerprint density at radius 1 is 1.27 bits per heavy atom. The molecule has 0 fully saturated rings. The van der Waals surface area contributed by atoms with Gasteiger partial charge in [0.15, 0.2) is 0 Å². The molecular weight excluding hydrogens is 287 g/mol. The highest BCUT2D eigenvalue weighted by Gasteiger charge is 2.05. The zero-order valence-electron chi connectivity index (χ0n) is 11.9. The van der Waals surface area contributed by atoms with Gasteiger partial charge in [-0.3, -0.25) is 10.7 Å². The first-order chi connectivity index (χ1) is 10.6. The summed E-state index contributed by atoms with van der Waals surface area (Å²) in [5.74, 6) is 0.0307. The molecule has 2 aromatic rings. The number of rotatable bonds is 4. The summed E-state index contributed by atoms with van der Waals surface area (Å²) in [4.78, 5) is 15.7. The second-order valence-corrected chi connectivity index (χ2v) is 4.40. The Morgan fingerprint density at radius 2 is 2.00 bits per heavy atom. The molecule has 0 aliphatic rings. The number of aromatic nitrogens is 1. The van der Waals surface area contributed by atoms with Crippen molar-refractivity contribution in [3.8, 4) is 0 Å². The maximum atomic E-state index is 12.8. The van der Waals surface area contributed by atoms with Crippen LogP contribution < -0.4 is 10.6 Å². The fourth-order valence-electron chi connectivity index (χ4n) is 1.67. The average Bonchev–Trinajstić information content (AvgIpc) is 2.54. The van der Waals surface area contributed by atoms with Crippen LogP contribution in [0.1, 0.15) is 11.1 Å². The van der Waals surface area contributed by atoms with Crippen LogP contribution in [0.25, 0.3) is 0 Å². The van der Waals surface area contributed by atoms with E-state index >= 15 is 0 Å². The van der Waals surface area contributed by atoms with Gasteiger partial charge in [-0.25, -0.2) is 14.2 Å². The Kier molecular flexibility index (Phi) is 5.02. The first kappa shape index (κ1) is 15.4. The number of pyridine rings is 1. The first-order valence-electron chi connectivity index (χ1n) is 6.47. The third-order valence-corrected chi connectivity index (χ3v) is 2.84. The van der Waals surface area contributed by atoms with Gasteiger partial charge >= 0.3 is 6.03 Å². The van der Waals surface area contributed by atoms with Crippen molar-refractivity contribution < 1.29 is 13.9 Å². The third-order valence-electron chi connectivity index (χ3n) is 2.84. The lowest BCUT2D eigenvalue weighted by Crippen LogP contribution is -2.28. The Bertz CT molecular complexity index is 656. The molecule has 0 saturated carbocycles. The van der Waals surface area contributed by atoms with Crippen molar-refractivity contribution in [1.82, 2.24) is 10.3 Å². The zero-order chi connectivity index (χ0) is 15.9. The molecule has 0 aliphatic carbocycles. The van der Waals surface area contributed by atoms with Gasteiger partial charge in [-0.15, -0.1) is 0 Å². The van der Waals surface area contributed by atoms with Crippen LogP contribution in [0.5, 0.6) is 0 Å². The van der Waals surface area contributed by atoms with Gasteiger partial charge in [-0.2, -0.15) is 0 Å². The number of urea groups is 1. The summed E-state index contributed by atoms with van der Waals surface area (Å²) in [5.41, 5.74) is 1.30. The second-order valence-electron chi connectivity index (χ2n) is 4.40. The fourth-order valence-corrected chi connectivity index (χ4v) is 1.67. The quantitative estimate of drug-likeness (QED) is 0.599. The summed E-state index contributed by atoms with van der Waals surface area (Å²) < 4.78 is 17.5. The molecule has 0 spiro atoms. The average molecular weight is 302 g/mol. The molecule has 6 nitrogen and oxygen atoms in total. The van der Waals surface area contributed by atoms with E-state index in [2.05, 4.69) is 15.6 Å². The zero-order valence-corrected chi connectivity index (χ0v) is 11.9. The number of carbonyl (C=O) groups is 1. The number of ether oxygens (including phenoxy) is 1. The van der Waals surface area contributed by atoms with Crippen LogP contribution >= 0.6 is 0 Å². The summed E-state index contributed by atoms with van der Waals surface area (Å²) in [5, 5.41) is 12.7. The number of carbonyl (C=O) groups excluding carboxylic acids is 1. The van der Waals surface area contributed by atoms with Crippen molar-refractivity contribution in [3.05, 3.63) is 59.5 Å². The smallest absolute Gasteiger partial charge is 0.320 e. The molecule has 2 amide bonds. The number of anilines is 1. The summed E-state index contributed by atoms with van der Waals surface area (Å²) >= 11 is 0. The van der Waals surface area contributed by atoms with E-state index in [4.69, 9.17) is 10.1 Å². The van der Waals surface area contributed by atoms with E-state index in [1.54, 1.807) is 24.3 Å². The number of nitrogens with one attached hydrogen (secondary N) is 3. The molecule has 0 atom stereocenters. The van der Waals surface area contributed by atoms with Gasteiger partial charge in [0.25, 0.3) is 0 Å². The number of methoxy groups -OCH3 is 1. The molecule has 1 aromatic carbocycles. The first-order valence-corrected chi connectivity index (χ1v) is 6.47. The number of hydrogen-bond acceptors (Lipinski definition) is 4. The molecule has 0 saturated heterocycles. The molecule has 1 aromatic heterocycles. The minimum Gasteiger partial charge on any atom is -0.481 e. The molecule has 3 N–H and O–H groups in total. The lowest BCUT2D eigenvalue weighted by Gasteiger charge is -2.08. The molecule has 0 radical (unpaired) electrons. The van der Waals surface area contributed by atoms with Gasteiger partial charge in [0, 0.05) is 12.7 Å². The van der Waals surface area contributed by atoms with Crippen molar-refractivity contribution in [2.45, 2.75) is 6.54 Å². The highest BCUT2D eigenvalue weighted by atomic mass is 19.1. The van der Waals surface area contributed by atoms with E-state index in [9.17, 15) is 9.18 Å². The predicted molar refractivity (Wildman–Crippen MR) is 80.3 cm³/mol. The topological polar surface area (TPSA) is 87.1 Å². The van der Waals surface area contributed by atoms with Gasteiger partial charge in [-0.05, 0) is 29.8 Å². The summed E-state index contributed by atoms with van der Waals surface area (Å²) in [6.07, 6.45) is 1.43. The van der Waals surface area contributed by atoms with Crippen LogP contribution in [0, 0.1) is 11.2 Å². The van der Waals surface area contributed by atoms with Crippen molar-refractivity contribution >= 4 is 17.7 Å². The lowest BCUT2D eigenvalue weighted by atomic mass is 10.2. The maximum absolute atomic E-state index is 12.8. The molecular formula is C15H15FN4O2. The fraction of sp³-hybridized carbons (Fsp3) is 0.133. The van der Waals surface area contributed by atoms with Gasteiger partial charge in [0.05, 0.1) is 12.7 Å². The number of nitrogens with zero attached hydrogens (tertiary/aromatic N) is 1. The summed E-state index contributed by atoms with van der Waals surface area (Å²) in [6.45, 7) is 0.276. The molecule has 0 unspecified atom stereocenters. The Balaban J connectivity index is 1.86. The van der Waals surface area contributed by atoms with E-state index < -0.39 is 6.03 Å². The molecule has 22 heavy (non-hydrogen) atoms. The molecule has 114 valence electrons. The number of hydrogen-bond donors (Lipinski definition) is 3. The minimum atomic E-state index is -0.425. The van der Waals surface area contributed by atoms with Crippen molar-refractivity contribution in [2.24, 2.45) is 0 Å². The summed E-state index contributed by atoms with van der Waals surface area (Å²) in [7, 11) is 1.40. The largest absolute Gasteiger partial charge is 0.481 e. The molecule has 7 heteroatoms. The van der Waals surface area contributed by atoms with Gasteiger partial charge < -0.3 is 10.1 Å². The lowest BCUT2D eigenvalue weighted by molar-refractivity contribution is 0.251. The van der Waals surface area contributed by atoms with E-state index in [-0.39, 0.29) is 18.3 Å². The Morgan fingerprint density at radius 3 is 2.59 bits per heavy atom. The van der Waals surface area contributed by atoms with Crippen LogP contribution in [0.4, 0.5) is 15.0 Å². The monoisotopic (exact) mass is 302 g/mol. The highest BCUT2D eigenvalue weighted by Crippen LogP contribution is 2.06. The van der Waals surface area contributed by atoms with Crippen LogP contribution in [0.3, 0.4) is 0 Å². The second kappa shape index (κ2) is 7.16. The van der Waals surface area contributed by atoms with Crippen molar-refractivity contribution in [1.29, 1.82) is 5.41 Å². The maximum Gasteiger partial charge on any atom is 0.320 e. The Hall–Kier alpha value is -2.96. The molecule has 2 rings (SSSR count). The van der Waals surface area contributed by atoms with E-state index in [1.807, 2.05) is 0 Å². The molecule has 0 aliphatic heterocycles. The number of amides is 2. The highest BCUT2D eigenvalue weighted by molar-refractivity contribution is 5.92. The van der Waals surface area contributed by atoms with E-state index in [0.717, 1.165) is 5.56 Å². The third kappa shape index (κ3) is 4.27. The molecule has 1 heterocycles. The van der Waals surface area contributed by atoms with E-state index in [1.165, 1.54) is 25.4 Å². The number of halogens is 1. The normalized spacial score (nSPS) is 9.91. The molecule has 0 bridgehead atoms. The van der Waals surface area contributed by atoms with E-state index in [0.29, 0.717) is 11.4 Å². The van der Waals surface area contributed by atoms with Gasteiger partial charge in [0.1, 0.15) is 11.6 Å². The van der Waals surface area contributed by atoms with Crippen molar-refractivity contribution in [3.63, 3.8) is 0 Å². The SMILES string of the molecule is COC(=N)c1ccc(NC(=O)NCc2ccc(F)cc2)nc1. The predicted octanol–water partition coefficient (Wildman–Crippen LogP) is 2.51. The van der Waals surface area contributed by atoms with Crippen LogP contribution in [0.2, 0.25) is 0 Å². The number of benzene rings is 1. The van der Waals surface area contributed by atoms with Crippen LogP contribution in [0.15, 0.2) is 42.6 Å². The summed E-state index contributed by atoms with van der Waals surface area (Å²) in [6, 6.07) is 8.62. The van der Waals surface area contributed by atoms with Crippen LogP contribution in [-0.2, 0) is 11.3 Å². The van der Waals surface area contributed by atoms with Crippen LogP contribution in [-0.4, -0.2) is 24.0 Å². The minimum absolute atomic E-state index is 0.000175. The van der Waals surface area contributed by atoms with Gasteiger partial charge in [0.2, 0.25) is 5.90 Å². The van der Waals surface area contributed by atoms with Gasteiger partial charge in [-0.1, -0.05) is 12.1 Å². The van der Waals surface area contributed by atoms with Crippen molar-refractivity contribution in [2.75, 3.05) is 12.4 Å².